The van der Waals surface area contributed by atoms with Gasteiger partial charge in [-0.05, 0) is 17.4 Å². The number of aryl methyl sites for hydroxylation is 1. The predicted molar refractivity (Wildman–Crippen MR) is 41.1 cm³/mol. The zero-order valence-corrected chi connectivity index (χ0v) is 7.09. The number of fused-ring (bicyclic) bond motifs is 1. The molecule has 2 heterocycles. The number of Topliss-reactive ketones (excluding diaryl/α,β-unsaturated/α-hetero) is 1. The maximum absolute atomic E-state index is 11.0. The van der Waals surface area contributed by atoms with Gasteiger partial charge in [-0.3, -0.25) is 4.79 Å². The van der Waals surface area contributed by atoms with E-state index in [2.05, 4.69) is 25.6 Å². The van der Waals surface area contributed by atoms with Gasteiger partial charge in [-0.15, -0.1) is 5.10 Å². The van der Waals surface area contributed by atoms with Crippen molar-refractivity contribution in [1.82, 2.24) is 30.2 Å². The highest BCUT2D eigenvalue weighted by Gasteiger charge is 2.10. The number of aromatic nitrogens is 6. The van der Waals surface area contributed by atoms with Crippen molar-refractivity contribution in [3.8, 4) is 0 Å². The third kappa shape index (κ3) is 1.13. The normalized spacial score (nSPS) is 10.6. The number of rotatable bonds is 1. The van der Waals surface area contributed by atoms with E-state index in [0.717, 1.165) is 4.63 Å². The molecule has 0 fully saturated rings. The van der Waals surface area contributed by atoms with Crippen LogP contribution >= 0.6 is 0 Å². The van der Waals surface area contributed by atoms with Gasteiger partial charge in [0.2, 0.25) is 0 Å². The summed E-state index contributed by atoms with van der Waals surface area (Å²) in [5, 5.41) is 14.4. The van der Waals surface area contributed by atoms with Gasteiger partial charge >= 0.3 is 0 Å². The Morgan fingerprint density at radius 2 is 2.23 bits per heavy atom. The lowest BCUT2D eigenvalue weighted by molar-refractivity contribution is 0.101. The molecule has 66 valence electrons. The lowest BCUT2D eigenvalue weighted by Crippen LogP contribution is -2.09. The number of hydrogen-bond acceptors (Lipinski definition) is 6. The van der Waals surface area contributed by atoms with Crippen LogP contribution < -0.4 is 0 Å². The summed E-state index contributed by atoms with van der Waals surface area (Å²) in [5.74, 6) is 0.143. The van der Waals surface area contributed by atoms with Crippen molar-refractivity contribution in [3.05, 3.63) is 11.4 Å². The van der Waals surface area contributed by atoms with E-state index in [-0.39, 0.29) is 5.78 Å². The minimum atomic E-state index is -0.151. The topological polar surface area (TPSA) is 85.9 Å². The van der Waals surface area contributed by atoms with Crippen LogP contribution in [0.3, 0.4) is 0 Å². The van der Waals surface area contributed by atoms with Crippen LogP contribution in [0.4, 0.5) is 0 Å². The fourth-order valence-electron chi connectivity index (χ4n) is 1.00. The van der Waals surface area contributed by atoms with Crippen LogP contribution in [0.25, 0.3) is 5.78 Å². The van der Waals surface area contributed by atoms with Gasteiger partial charge in [-0.1, -0.05) is 9.73 Å². The maximum Gasteiger partial charge on any atom is 0.291 e. The summed E-state index contributed by atoms with van der Waals surface area (Å²) in [6.07, 6.45) is 0. The quantitative estimate of drug-likeness (QED) is 0.543. The zero-order valence-electron chi connectivity index (χ0n) is 7.09. The fourth-order valence-corrected chi connectivity index (χ4v) is 1.00. The Morgan fingerprint density at radius 3 is 2.92 bits per heavy atom. The molecule has 0 radical (unpaired) electrons. The first kappa shape index (κ1) is 7.71. The Hall–Kier alpha value is -1.92. The summed E-state index contributed by atoms with van der Waals surface area (Å²) in [6.45, 7) is 3.12. The molecular formula is C6H6N6O. The van der Waals surface area contributed by atoms with E-state index in [1.54, 1.807) is 6.92 Å². The van der Waals surface area contributed by atoms with Crippen molar-refractivity contribution in [3.63, 3.8) is 0 Å². The van der Waals surface area contributed by atoms with Gasteiger partial charge in [-0.2, -0.15) is 0 Å². The molecule has 7 nitrogen and oxygen atoms in total. The second-order valence-electron chi connectivity index (χ2n) is 2.57. The molecule has 0 aliphatic carbocycles. The Morgan fingerprint density at radius 1 is 1.46 bits per heavy atom. The average molecular weight is 178 g/mol. The van der Waals surface area contributed by atoms with Crippen molar-refractivity contribution < 1.29 is 4.79 Å². The molecule has 0 N–H and O–H groups in total. The Bertz CT molecular complexity index is 475. The van der Waals surface area contributed by atoms with Gasteiger partial charge in [0.1, 0.15) is 5.69 Å². The van der Waals surface area contributed by atoms with E-state index >= 15 is 0 Å². The molecule has 0 saturated heterocycles. The summed E-state index contributed by atoms with van der Waals surface area (Å²) < 4.78 is 1.13. The Labute approximate surface area is 72.8 Å². The van der Waals surface area contributed by atoms with E-state index in [1.165, 1.54) is 6.92 Å². The van der Waals surface area contributed by atoms with E-state index < -0.39 is 0 Å². The van der Waals surface area contributed by atoms with Gasteiger partial charge < -0.3 is 0 Å². The first-order valence-electron chi connectivity index (χ1n) is 3.62. The van der Waals surface area contributed by atoms with Crippen molar-refractivity contribution in [2.45, 2.75) is 13.8 Å². The molecule has 0 atom stereocenters. The van der Waals surface area contributed by atoms with Crippen LogP contribution in [0.2, 0.25) is 0 Å². The number of carbonyl (C=O) groups excluding carboxylic acids is 1. The molecule has 7 heteroatoms. The lowest BCUT2D eigenvalue weighted by Gasteiger charge is -1.97. The highest BCUT2D eigenvalue weighted by Crippen LogP contribution is 2.01. The minimum Gasteiger partial charge on any atom is -0.293 e. The predicted octanol–water partition coefficient (Wildman–Crippen LogP) is -0.575. The third-order valence-corrected chi connectivity index (χ3v) is 1.58. The zero-order chi connectivity index (χ0) is 9.42. The van der Waals surface area contributed by atoms with Gasteiger partial charge in [0.25, 0.3) is 5.78 Å². The van der Waals surface area contributed by atoms with E-state index in [0.29, 0.717) is 17.2 Å². The van der Waals surface area contributed by atoms with Gasteiger partial charge in [-0.25, -0.2) is 4.98 Å². The maximum atomic E-state index is 11.0. The molecule has 0 aliphatic rings. The second kappa shape index (κ2) is 2.54. The second-order valence-corrected chi connectivity index (χ2v) is 2.57. The van der Waals surface area contributed by atoms with Crippen LogP contribution in [-0.4, -0.2) is 36.0 Å². The largest absolute Gasteiger partial charge is 0.293 e. The number of hydrogen-bond donors (Lipinski definition) is 0. The standard InChI is InChI=1S/C6H6N6O/c1-3-5(4(2)13)9-12-6(7-3)8-10-11-12/h1-2H3. The van der Waals surface area contributed by atoms with Crippen LogP contribution in [0.5, 0.6) is 0 Å². The van der Waals surface area contributed by atoms with E-state index in [9.17, 15) is 4.79 Å². The first-order chi connectivity index (χ1) is 6.18. The molecule has 0 aliphatic heterocycles. The SMILES string of the molecule is CC(=O)c1nn2nnnc2nc1C. The van der Waals surface area contributed by atoms with Crippen LogP contribution in [-0.2, 0) is 0 Å². The molecule has 0 bridgehead atoms. The molecule has 13 heavy (non-hydrogen) atoms. The van der Waals surface area contributed by atoms with Crippen molar-refractivity contribution in [2.75, 3.05) is 0 Å². The van der Waals surface area contributed by atoms with Gasteiger partial charge in [0, 0.05) is 6.92 Å². The summed E-state index contributed by atoms with van der Waals surface area (Å²) in [5.41, 5.74) is 0.828. The summed E-state index contributed by atoms with van der Waals surface area (Å²) >= 11 is 0. The lowest BCUT2D eigenvalue weighted by atomic mass is 10.2. The van der Waals surface area contributed by atoms with Crippen LogP contribution in [0, 0.1) is 6.92 Å². The van der Waals surface area contributed by atoms with Gasteiger partial charge in [0.05, 0.1) is 5.69 Å². The minimum absolute atomic E-state index is 0.151. The monoisotopic (exact) mass is 178 g/mol. The molecule has 0 spiro atoms. The average Bonchev–Trinajstić information content (AvgIpc) is 2.48. The first-order valence-corrected chi connectivity index (χ1v) is 3.62. The smallest absolute Gasteiger partial charge is 0.291 e. The summed E-state index contributed by atoms with van der Waals surface area (Å²) in [7, 11) is 0. The van der Waals surface area contributed by atoms with Gasteiger partial charge in [0.15, 0.2) is 5.78 Å². The Balaban J connectivity index is 2.76. The van der Waals surface area contributed by atoms with Crippen LogP contribution in [0.1, 0.15) is 23.1 Å². The van der Waals surface area contributed by atoms with Crippen LogP contribution in [0.15, 0.2) is 0 Å². The number of tetrazole rings is 1. The fraction of sp³-hybridized carbons (Fsp3) is 0.333. The van der Waals surface area contributed by atoms with E-state index in [1.807, 2.05) is 0 Å². The molecular weight excluding hydrogens is 172 g/mol. The molecule has 0 amide bonds. The van der Waals surface area contributed by atoms with Crippen molar-refractivity contribution in [1.29, 1.82) is 0 Å². The molecule has 2 aromatic heterocycles. The van der Waals surface area contributed by atoms with Crippen molar-refractivity contribution >= 4 is 11.6 Å². The molecule has 2 aromatic rings. The highest BCUT2D eigenvalue weighted by molar-refractivity contribution is 5.92. The summed E-state index contributed by atoms with van der Waals surface area (Å²) in [6, 6.07) is 0. The number of carbonyl (C=O) groups is 1. The summed E-state index contributed by atoms with van der Waals surface area (Å²) in [4.78, 5) is 15.0. The van der Waals surface area contributed by atoms with E-state index in [4.69, 9.17) is 0 Å². The third-order valence-electron chi connectivity index (χ3n) is 1.58. The highest BCUT2D eigenvalue weighted by atomic mass is 16.1. The molecule has 2 rings (SSSR count). The molecule has 0 unspecified atom stereocenters. The molecule has 0 saturated carbocycles. The molecule has 0 aromatic carbocycles. The van der Waals surface area contributed by atoms with Crippen molar-refractivity contribution in [2.24, 2.45) is 0 Å². The number of nitrogens with zero attached hydrogens (tertiary/aromatic N) is 6. The Kier molecular flexibility index (Phi) is 1.51. The number of ketones is 1.